The van der Waals surface area contributed by atoms with Crippen molar-refractivity contribution in [1.29, 1.82) is 0 Å². The minimum absolute atomic E-state index is 0.144. The van der Waals surface area contributed by atoms with E-state index in [2.05, 4.69) is 4.74 Å². The Bertz CT molecular complexity index is 442. The maximum Gasteiger partial charge on any atom is 0.312 e. The summed E-state index contributed by atoms with van der Waals surface area (Å²) in [6, 6.07) is 0. The van der Waals surface area contributed by atoms with E-state index >= 15 is 0 Å². The summed E-state index contributed by atoms with van der Waals surface area (Å²) in [6.45, 7) is 4.20. The van der Waals surface area contributed by atoms with Crippen LogP contribution in [0.5, 0.6) is 0 Å². The van der Waals surface area contributed by atoms with Crippen LogP contribution in [0.25, 0.3) is 0 Å². The summed E-state index contributed by atoms with van der Waals surface area (Å²) >= 11 is 0. The van der Waals surface area contributed by atoms with E-state index in [0.717, 1.165) is 4.31 Å². The fourth-order valence-corrected chi connectivity index (χ4v) is 3.18. The second-order valence-electron chi connectivity index (χ2n) is 5.15. The highest BCUT2D eigenvalue weighted by Crippen LogP contribution is 2.21. The standard InChI is InChI=1S/C11H21NO6S/c1-8(9(13)14)6-12(4)19(16,17)7-11(2,3)10(15)18-5/h8H,6-7H2,1-5H3,(H,13,14). The number of carbonyl (C=O) groups excluding carboxylic acids is 1. The normalized spacial score (nSPS) is 14.2. The molecule has 0 rings (SSSR count). The van der Waals surface area contributed by atoms with Crippen molar-refractivity contribution in [2.24, 2.45) is 11.3 Å². The van der Waals surface area contributed by atoms with E-state index in [1.807, 2.05) is 0 Å². The molecule has 112 valence electrons. The number of esters is 1. The van der Waals surface area contributed by atoms with E-state index in [0.29, 0.717) is 0 Å². The Morgan fingerprint density at radius 1 is 1.37 bits per heavy atom. The topological polar surface area (TPSA) is 101 Å². The highest BCUT2D eigenvalue weighted by Gasteiger charge is 2.36. The number of methoxy groups -OCH3 is 1. The molecule has 0 fully saturated rings. The van der Waals surface area contributed by atoms with Crippen LogP contribution in [0.4, 0.5) is 0 Å². The molecule has 0 bridgehead atoms. The van der Waals surface area contributed by atoms with Gasteiger partial charge in [0.15, 0.2) is 0 Å². The summed E-state index contributed by atoms with van der Waals surface area (Å²) in [7, 11) is -1.25. The summed E-state index contributed by atoms with van der Waals surface area (Å²) < 4.78 is 29.6. The molecule has 0 heterocycles. The first-order valence-electron chi connectivity index (χ1n) is 5.69. The minimum Gasteiger partial charge on any atom is -0.481 e. The van der Waals surface area contributed by atoms with Crippen molar-refractivity contribution in [2.45, 2.75) is 20.8 Å². The number of sulfonamides is 1. The van der Waals surface area contributed by atoms with Gasteiger partial charge < -0.3 is 9.84 Å². The molecular formula is C11H21NO6S. The molecule has 19 heavy (non-hydrogen) atoms. The first kappa shape index (κ1) is 17.8. The molecule has 7 nitrogen and oxygen atoms in total. The van der Waals surface area contributed by atoms with Gasteiger partial charge in [-0.2, -0.15) is 0 Å². The summed E-state index contributed by atoms with van der Waals surface area (Å²) in [6.07, 6.45) is 0. The number of carboxylic acid groups (broad SMARTS) is 1. The number of hydrogen-bond acceptors (Lipinski definition) is 5. The number of rotatable bonds is 7. The lowest BCUT2D eigenvalue weighted by atomic mass is 9.97. The van der Waals surface area contributed by atoms with Crippen molar-refractivity contribution in [3.8, 4) is 0 Å². The number of aliphatic carboxylic acids is 1. The molecular weight excluding hydrogens is 274 g/mol. The third kappa shape index (κ3) is 5.15. The second-order valence-corrected chi connectivity index (χ2v) is 7.23. The van der Waals surface area contributed by atoms with Gasteiger partial charge >= 0.3 is 11.9 Å². The fraction of sp³-hybridized carbons (Fsp3) is 0.818. The number of carboxylic acids is 1. The van der Waals surface area contributed by atoms with Crippen molar-refractivity contribution in [3.63, 3.8) is 0 Å². The van der Waals surface area contributed by atoms with Gasteiger partial charge in [-0.1, -0.05) is 6.92 Å². The van der Waals surface area contributed by atoms with Gasteiger partial charge in [0.25, 0.3) is 0 Å². The molecule has 0 radical (unpaired) electrons. The van der Waals surface area contributed by atoms with Crippen LogP contribution in [-0.4, -0.2) is 56.2 Å². The maximum atomic E-state index is 12.0. The van der Waals surface area contributed by atoms with Gasteiger partial charge in [-0.3, -0.25) is 9.59 Å². The molecule has 0 aromatic heterocycles. The molecule has 0 saturated carbocycles. The summed E-state index contributed by atoms with van der Waals surface area (Å²) in [5.41, 5.74) is -1.19. The predicted molar refractivity (Wildman–Crippen MR) is 69.0 cm³/mol. The van der Waals surface area contributed by atoms with E-state index in [1.165, 1.54) is 34.9 Å². The van der Waals surface area contributed by atoms with Gasteiger partial charge in [0.2, 0.25) is 10.0 Å². The molecule has 0 saturated heterocycles. The quantitative estimate of drug-likeness (QED) is 0.672. The first-order chi connectivity index (χ1) is 8.44. The minimum atomic E-state index is -3.73. The average molecular weight is 295 g/mol. The zero-order valence-electron chi connectivity index (χ0n) is 11.8. The highest BCUT2D eigenvalue weighted by atomic mass is 32.2. The summed E-state index contributed by atoms with van der Waals surface area (Å²) in [5.74, 6) is -2.96. The van der Waals surface area contributed by atoms with Crippen LogP contribution >= 0.6 is 0 Å². The van der Waals surface area contributed by atoms with Crippen LogP contribution in [0, 0.1) is 11.3 Å². The highest BCUT2D eigenvalue weighted by molar-refractivity contribution is 7.89. The average Bonchev–Trinajstić information content (AvgIpc) is 2.25. The fourth-order valence-electron chi connectivity index (χ4n) is 1.48. The van der Waals surface area contributed by atoms with Crippen LogP contribution < -0.4 is 0 Å². The third-order valence-electron chi connectivity index (χ3n) is 2.71. The second kappa shape index (κ2) is 6.33. The molecule has 0 amide bonds. The summed E-state index contributed by atoms with van der Waals surface area (Å²) in [4.78, 5) is 22.2. The number of hydrogen-bond donors (Lipinski definition) is 1. The van der Waals surface area contributed by atoms with Crippen molar-refractivity contribution < 1.29 is 27.9 Å². The Balaban J connectivity index is 4.90. The van der Waals surface area contributed by atoms with E-state index in [4.69, 9.17) is 5.11 Å². The Morgan fingerprint density at radius 3 is 2.21 bits per heavy atom. The van der Waals surface area contributed by atoms with E-state index in [9.17, 15) is 18.0 Å². The van der Waals surface area contributed by atoms with Gasteiger partial charge in [0, 0.05) is 13.6 Å². The van der Waals surface area contributed by atoms with E-state index < -0.39 is 39.0 Å². The van der Waals surface area contributed by atoms with Crippen LogP contribution in [-0.2, 0) is 24.3 Å². The Labute approximate surface area is 113 Å². The largest absolute Gasteiger partial charge is 0.481 e. The Morgan fingerprint density at radius 2 is 1.84 bits per heavy atom. The number of carbonyl (C=O) groups is 2. The van der Waals surface area contributed by atoms with Crippen LogP contribution in [0.2, 0.25) is 0 Å². The first-order valence-corrected chi connectivity index (χ1v) is 7.30. The Kier molecular flexibility index (Phi) is 5.95. The zero-order valence-corrected chi connectivity index (χ0v) is 12.7. The predicted octanol–water partition coefficient (Wildman–Crippen LogP) is 0.168. The molecule has 1 N–H and O–H groups in total. The van der Waals surface area contributed by atoms with Crippen LogP contribution in [0.1, 0.15) is 20.8 Å². The Hall–Kier alpha value is -1.15. The van der Waals surface area contributed by atoms with Gasteiger partial charge in [-0.25, -0.2) is 12.7 Å². The number of ether oxygens (including phenoxy) is 1. The smallest absolute Gasteiger partial charge is 0.312 e. The SMILES string of the molecule is COC(=O)C(C)(C)CS(=O)(=O)N(C)CC(C)C(=O)O. The molecule has 1 atom stereocenters. The zero-order chi connectivity index (χ0) is 15.4. The molecule has 0 aliphatic rings. The molecule has 0 aromatic rings. The lowest BCUT2D eigenvalue weighted by molar-refractivity contribution is -0.149. The lowest BCUT2D eigenvalue weighted by Gasteiger charge is -2.25. The van der Waals surface area contributed by atoms with Gasteiger partial charge in [0.1, 0.15) is 0 Å². The van der Waals surface area contributed by atoms with Crippen molar-refractivity contribution in [2.75, 3.05) is 26.5 Å². The number of nitrogens with zero attached hydrogens (tertiary/aromatic N) is 1. The summed E-state index contributed by atoms with van der Waals surface area (Å²) in [5, 5.41) is 8.76. The monoisotopic (exact) mass is 295 g/mol. The van der Waals surface area contributed by atoms with Crippen molar-refractivity contribution in [1.82, 2.24) is 4.31 Å². The molecule has 1 unspecified atom stereocenters. The van der Waals surface area contributed by atoms with Gasteiger partial charge in [0.05, 0.1) is 24.2 Å². The van der Waals surface area contributed by atoms with Gasteiger partial charge in [-0.15, -0.1) is 0 Å². The van der Waals surface area contributed by atoms with E-state index in [-0.39, 0.29) is 6.54 Å². The van der Waals surface area contributed by atoms with Gasteiger partial charge in [-0.05, 0) is 13.8 Å². The van der Waals surface area contributed by atoms with Crippen molar-refractivity contribution in [3.05, 3.63) is 0 Å². The van der Waals surface area contributed by atoms with Crippen LogP contribution in [0.3, 0.4) is 0 Å². The third-order valence-corrected chi connectivity index (χ3v) is 4.89. The lowest BCUT2D eigenvalue weighted by Crippen LogP contribution is -2.41. The molecule has 0 aromatic carbocycles. The molecule has 0 aliphatic carbocycles. The van der Waals surface area contributed by atoms with Crippen molar-refractivity contribution >= 4 is 22.0 Å². The van der Waals surface area contributed by atoms with Crippen LogP contribution in [0.15, 0.2) is 0 Å². The molecule has 0 spiro atoms. The van der Waals surface area contributed by atoms with E-state index in [1.54, 1.807) is 0 Å². The molecule has 8 heteroatoms. The molecule has 0 aliphatic heterocycles. The maximum absolute atomic E-state index is 12.0.